The summed E-state index contributed by atoms with van der Waals surface area (Å²) in [4.78, 5) is 31.8. The Morgan fingerprint density at radius 3 is 0.988 bits per heavy atom. The standard InChI is InChI=1S/C76H53N7S2/c1-7-25-57(26-8-1)84(58-27-9-2-10-28-58,59-29-11-3-12-30-59)63-48-43-54(44-49-63)73-78-74(55-45-50-64(51-46-55)85(60-31-13-4-14-32-60,61-33-15-5-16-34-61)62-35-17-6-18-36-62)80-75(79-73)83-71-42-24-23-41-70(71)82-72-53-56(47-52-67(72)77-76(82)83)81-68-39-21-19-37-65(68)66-38-20-22-40-69(66)81/h1-53H. The molecule has 16 rings (SSSR count). The molecular formula is C76H53N7S2. The average Bonchev–Trinajstić information content (AvgIpc) is 2.74. The van der Waals surface area contributed by atoms with E-state index >= 15 is 0 Å². The Balaban J connectivity index is 0.908. The van der Waals surface area contributed by atoms with Crippen LogP contribution in [-0.2, 0) is 0 Å². The van der Waals surface area contributed by atoms with E-state index in [1.165, 1.54) is 49.9 Å². The van der Waals surface area contributed by atoms with E-state index in [1.807, 2.05) is 0 Å². The summed E-state index contributed by atoms with van der Waals surface area (Å²) in [5.74, 6) is 2.27. The number of hydrogen-bond acceptors (Lipinski definition) is 4. The fraction of sp³-hybridized carbons (Fsp3) is 0. The van der Waals surface area contributed by atoms with Gasteiger partial charge in [-0.1, -0.05) is 182 Å². The maximum Gasteiger partial charge on any atom is 0.241 e. The van der Waals surface area contributed by atoms with Crippen LogP contribution in [0.15, 0.2) is 361 Å². The second-order valence-corrected chi connectivity index (χ2v) is 27.3. The van der Waals surface area contributed by atoms with Crippen molar-refractivity contribution in [3.05, 3.63) is 322 Å². The van der Waals surface area contributed by atoms with Crippen molar-refractivity contribution in [2.45, 2.75) is 39.2 Å². The Morgan fingerprint density at radius 1 is 0.247 bits per heavy atom. The van der Waals surface area contributed by atoms with Gasteiger partial charge in [-0.05, 0) is 140 Å². The number of hydrogen-bond donors (Lipinski definition) is 0. The molecule has 0 fully saturated rings. The molecule has 85 heavy (non-hydrogen) atoms. The van der Waals surface area contributed by atoms with E-state index in [9.17, 15) is 0 Å². The summed E-state index contributed by atoms with van der Waals surface area (Å²) in [5, 5.41) is 2.43. The van der Waals surface area contributed by atoms with Crippen LogP contribution >= 0.6 is 20.1 Å². The van der Waals surface area contributed by atoms with Gasteiger partial charge in [-0.15, -0.1) is 20.1 Å². The van der Waals surface area contributed by atoms with Crippen LogP contribution < -0.4 is 0 Å². The molecule has 9 heteroatoms. The number of para-hydroxylation sites is 4. The van der Waals surface area contributed by atoms with Crippen LogP contribution in [-0.4, -0.2) is 33.5 Å². The SMILES string of the molecule is c1ccc(S(c2ccccc2)(c2ccccc2)c2ccc(-c3nc(-c4ccc(S(c5ccccc5)(c5ccccc5)c5ccccc5)cc4)nc(-n4c5ccccc5n5c6cc(-n7c8ccccc8c8ccccc87)ccc6nc45)n3)cc2)cc1. The molecule has 0 saturated heterocycles. The first-order chi connectivity index (χ1) is 42.2. The highest BCUT2D eigenvalue weighted by molar-refractivity contribution is 8.34. The Hall–Kier alpha value is -10.6. The first-order valence-electron chi connectivity index (χ1n) is 28.5. The van der Waals surface area contributed by atoms with Gasteiger partial charge in [0.25, 0.3) is 0 Å². The van der Waals surface area contributed by atoms with Gasteiger partial charge in [0.2, 0.25) is 11.7 Å². The monoisotopic (exact) mass is 1130 g/mol. The maximum atomic E-state index is 5.50. The zero-order valence-electron chi connectivity index (χ0n) is 46.0. The first-order valence-corrected chi connectivity index (χ1v) is 31.8. The van der Waals surface area contributed by atoms with Gasteiger partial charge in [-0.2, -0.15) is 9.97 Å². The lowest BCUT2D eigenvalue weighted by Crippen LogP contribution is -2.08. The third-order valence-electron chi connectivity index (χ3n) is 16.4. The van der Waals surface area contributed by atoms with Crippen LogP contribution in [0, 0.1) is 0 Å². The lowest BCUT2D eigenvalue weighted by atomic mass is 10.2. The van der Waals surface area contributed by atoms with Gasteiger partial charge in [-0.25, -0.2) is 14.5 Å². The van der Waals surface area contributed by atoms with Gasteiger partial charge in [0.05, 0.1) is 33.1 Å². The normalized spacial score (nSPS) is 12.4. The van der Waals surface area contributed by atoms with Crippen molar-refractivity contribution in [3.63, 3.8) is 0 Å². The van der Waals surface area contributed by atoms with E-state index in [-0.39, 0.29) is 0 Å². The zero-order valence-corrected chi connectivity index (χ0v) is 47.7. The Labute approximate surface area is 495 Å². The summed E-state index contributed by atoms with van der Waals surface area (Å²) in [7, 11) is -3.90. The van der Waals surface area contributed by atoms with Crippen LogP contribution in [0.25, 0.3) is 84.1 Å². The van der Waals surface area contributed by atoms with Crippen molar-refractivity contribution in [2.24, 2.45) is 0 Å². The molecular weight excluding hydrogens is 1080 g/mol. The molecule has 4 aromatic heterocycles. The van der Waals surface area contributed by atoms with Gasteiger partial charge in [0, 0.05) is 66.8 Å². The van der Waals surface area contributed by atoms with Crippen molar-refractivity contribution in [2.75, 3.05) is 0 Å². The molecule has 0 unspecified atom stereocenters. The Kier molecular flexibility index (Phi) is 12.2. The largest absolute Gasteiger partial charge is 0.309 e. The molecule has 404 valence electrons. The molecule has 0 N–H and O–H groups in total. The summed E-state index contributed by atoms with van der Waals surface area (Å²) in [6, 6.07) is 116. The van der Waals surface area contributed by atoms with Gasteiger partial charge in [0.15, 0.2) is 11.6 Å². The molecule has 7 nitrogen and oxygen atoms in total. The van der Waals surface area contributed by atoms with E-state index in [1.54, 1.807) is 0 Å². The fourth-order valence-electron chi connectivity index (χ4n) is 12.6. The fourth-order valence-corrected chi connectivity index (χ4v) is 20.4. The molecule has 0 spiro atoms. The molecule has 0 radical (unpaired) electrons. The lowest BCUT2D eigenvalue weighted by Gasteiger charge is -2.42. The maximum absolute atomic E-state index is 5.50. The van der Waals surface area contributed by atoms with Crippen LogP contribution in [0.5, 0.6) is 0 Å². The van der Waals surface area contributed by atoms with E-state index in [0.29, 0.717) is 23.4 Å². The molecule has 0 aliphatic carbocycles. The van der Waals surface area contributed by atoms with Gasteiger partial charge >= 0.3 is 0 Å². The molecule has 12 aromatic carbocycles. The van der Waals surface area contributed by atoms with Crippen molar-refractivity contribution in [3.8, 4) is 34.4 Å². The molecule has 0 amide bonds. The lowest BCUT2D eigenvalue weighted by molar-refractivity contribution is 0.937. The number of benzene rings is 12. The minimum Gasteiger partial charge on any atom is -0.309 e. The Bertz CT molecular complexity index is 4660. The minimum absolute atomic E-state index is 0.466. The zero-order chi connectivity index (χ0) is 56.3. The van der Waals surface area contributed by atoms with Crippen LogP contribution in [0.3, 0.4) is 0 Å². The number of imidazole rings is 2. The first kappa shape index (κ1) is 50.2. The predicted octanol–water partition coefficient (Wildman–Crippen LogP) is 19.7. The number of nitrogens with zero attached hydrogens (tertiary/aromatic N) is 7. The third kappa shape index (κ3) is 8.07. The second kappa shape index (κ2) is 20.7. The molecule has 0 bridgehead atoms. The summed E-state index contributed by atoms with van der Waals surface area (Å²) < 4.78 is 6.73. The topological polar surface area (TPSA) is 65.8 Å². The Morgan fingerprint density at radius 2 is 0.588 bits per heavy atom. The smallest absolute Gasteiger partial charge is 0.241 e. The van der Waals surface area contributed by atoms with Crippen molar-refractivity contribution >= 4 is 69.7 Å². The van der Waals surface area contributed by atoms with Crippen molar-refractivity contribution in [1.29, 1.82) is 0 Å². The summed E-state index contributed by atoms with van der Waals surface area (Å²) in [6.07, 6.45) is 0. The average molecular weight is 1130 g/mol. The highest BCUT2D eigenvalue weighted by atomic mass is 32.3. The molecule has 16 aromatic rings. The van der Waals surface area contributed by atoms with Crippen LogP contribution in [0.1, 0.15) is 0 Å². The second-order valence-electron chi connectivity index (χ2n) is 21.0. The van der Waals surface area contributed by atoms with Gasteiger partial charge in [-0.3, -0.25) is 4.40 Å². The number of aromatic nitrogens is 7. The van der Waals surface area contributed by atoms with E-state index < -0.39 is 20.1 Å². The molecule has 0 saturated carbocycles. The summed E-state index contributed by atoms with van der Waals surface area (Å²) in [6.45, 7) is 0. The highest BCUT2D eigenvalue weighted by Gasteiger charge is 2.35. The minimum atomic E-state index is -1.95. The van der Waals surface area contributed by atoms with Crippen LogP contribution in [0.4, 0.5) is 0 Å². The van der Waals surface area contributed by atoms with E-state index in [0.717, 1.165) is 49.9 Å². The summed E-state index contributed by atoms with van der Waals surface area (Å²) >= 11 is 0. The van der Waals surface area contributed by atoms with E-state index in [2.05, 4.69) is 335 Å². The molecule has 0 atom stereocenters. The number of rotatable bonds is 12. The molecule has 0 aliphatic heterocycles. The highest BCUT2D eigenvalue weighted by Crippen LogP contribution is 2.74. The molecule has 4 heterocycles. The molecule has 0 aliphatic rings. The van der Waals surface area contributed by atoms with Gasteiger partial charge in [0.1, 0.15) is 0 Å². The quantitative estimate of drug-likeness (QED) is 0.122. The summed E-state index contributed by atoms with van der Waals surface area (Å²) in [5.41, 5.74) is 8.84. The number of fused-ring (bicyclic) bond motifs is 8. The predicted molar refractivity (Wildman–Crippen MR) is 348 cm³/mol. The third-order valence-corrected chi connectivity index (χ3v) is 24.2. The van der Waals surface area contributed by atoms with Crippen LogP contribution in [0.2, 0.25) is 0 Å². The van der Waals surface area contributed by atoms with Crippen molar-refractivity contribution in [1.82, 2.24) is 33.5 Å². The van der Waals surface area contributed by atoms with Gasteiger partial charge < -0.3 is 4.57 Å². The van der Waals surface area contributed by atoms with Crippen molar-refractivity contribution < 1.29 is 0 Å². The van der Waals surface area contributed by atoms with E-state index in [4.69, 9.17) is 19.9 Å².